The van der Waals surface area contributed by atoms with Crippen LogP contribution in [0, 0.1) is 6.92 Å². The van der Waals surface area contributed by atoms with Crippen molar-refractivity contribution >= 4 is 10.8 Å². The van der Waals surface area contributed by atoms with Crippen molar-refractivity contribution in [3.8, 4) is 11.5 Å². The van der Waals surface area contributed by atoms with E-state index in [-0.39, 0.29) is 0 Å². The van der Waals surface area contributed by atoms with Gasteiger partial charge in [-0.1, -0.05) is 36.4 Å². The third-order valence-electron chi connectivity index (χ3n) is 3.64. The van der Waals surface area contributed by atoms with Gasteiger partial charge in [-0.2, -0.15) is 0 Å². The molecule has 2 heteroatoms. The highest BCUT2D eigenvalue weighted by atomic mass is 16.5. The van der Waals surface area contributed by atoms with Crippen LogP contribution in [-0.4, -0.2) is 7.05 Å². The van der Waals surface area contributed by atoms with Crippen LogP contribution in [0.5, 0.6) is 11.5 Å². The highest BCUT2D eigenvalue weighted by Gasteiger charge is 2.02. The maximum absolute atomic E-state index is 5.98. The number of hydrogen-bond donors (Lipinski definition) is 1. The van der Waals surface area contributed by atoms with E-state index in [1.54, 1.807) is 0 Å². The van der Waals surface area contributed by atoms with E-state index in [1.165, 1.54) is 21.9 Å². The molecule has 0 spiro atoms. The number of nitrogens with one attached hydrogen (secondary N) is 1. The van der Waals surface area contributed by atoms with E-state index in [4.69, 9.17) is 4.74 Å². The van der Waals surface area contributed by atoms with Crippen LogP contribution in [0.15, 0.2) is 60.7 Å². The van der Waals surface area contributed by atoms with Crippen LogP contribution >= 0.6 is 0 Å². The van der Waals surface area contributed by atoms with Gasteiger partial charge >= 0.3 is 0 Å². The molecule has 0 aliphatic heterocycles. The second kappa shape index (κ2) is 5.98. The third-order valence-corrected chi connectivity index (χ3v) is 3.64. The van der Waals surface area contributed by atoms with Crippen LogP contribution in [0.1, 0.15) is 11.1 Å². The molecule has 2 nitrogen and oxygen atoms in total. The minimum atomic E-state index is 0.870. The lowest BCUT2D eigenvalue weighted by Gasteiger charge is -2.10. The summed E-state index contributed by atoms with van der Waals surface area (Å²) in [6.07, 6.45) is 0. The molecule has 0 amide bonds. The molecule has 3 rings (SSSR count). The number of rotatable bonds is 4. The zero-order valence-corrected chi connectivity index (χ0v) is 12.4. The van der Waals surface area contributed by atoms with Crippen LogP contribution < -0.4 is 10.1 Å². The zero-order valence-electron chi connectivity index (χ0n) is 12.4. The SMILES string of the molecule is CNCc1ccc(Oc2ccc3ccccc3c2)cc1C. The largest absolute Gasteiger partial charge is 0.457 e. The van der Waals surface area contributed by atoms with E-state index in [1.807, 2.05) is 31.3 Å². The Bertz CT molecular complexity index is 764. The Morgan fingerprint density at radius 2 is 1.57 bits per heavy atom. The number of benzene rings is 3. The van der Waals surface area contributed by atoms with Crippen LogP contribution in [0.2, 0.25) is 0 Å². The van der Waals surface area contributed by atoms with Gasteiger partial charge in [0.2, 0.25) is 0 Å². The molecule has 0 aromatic heterocycles. The van der Waals surface area contributed by atoms with Crippen molar-refractivity contribution in [2.75, 3.05) is 7.05 Å². The van der Waals surface area contributed by atoms with Gasteiger partial charge in [0, 0.05) is 6.54 Å². The van der Waals surface area contributed by atoms with E-state index < -0.39 is 0 Å². The van der Waals surface area contributed by atoms with Gasteiger partial charge in [-0.15, -0.1) is 0 Å². The fourth-order valence-electron chi connectivity index (χ4n) is 2.49. The summed E-state index contributed by atoms with van der Waals surface area (Å²) in [5.41, 5.74) is 2.53. The van der Waals surface area contributed by atoms with E-state index in [0.717, 1.165) is 18.0 Å². The quantitative estimate of drug-likeness (QED) is 0.749. The van der Waals surface area contributed by atoms with Crippen molar-refractivity contribution in [2.45, 2.75) is 13.5 Å². The average Bonchev–Trinajstić information content (AvgIpc) is 2.50. The van der Waals surface area contributed by atoms with E-state index in [0.29, 0.717) is 0 Å². The lowest BCUT2D eigenvalue weighted by molar-refractivity contribution is 0.482. The lowest BCUT2D eigenvalue weighted by Crippen LogP contribution is -2.06. The predicted molar refractivity (Wildman–Crippen MR) is 88.0 cm³/mol. The second-order valence-electron chi connectivity index (χ2n) is 5.23. The molecule has 0 aliphatic rings. The van der Waals surface area contributed by atoms with Gasteiger partial charge in [-0.25, -0.2) is 0 Å². The van der Waals surface area contributed by atoms with Gasteiger partial charge in [-0.3, -0.25) is 0 Å². The summed E-state index contributed by atoms with van der Waals surface area (Å²) >= 11 is 0. The molecule has 0 unspecified atom stereocenters. The number of hydrogen-bond acceptors (Lipinski definition) is 2. The van der Waals surface area contributed by atoms with Crippen LogP contribution in [0.3, 0.4) is 0 Å². The predicted octanol–water partition coefficient (Wildman–Crippen LogP) is 4.66. The summed E-state index contributed by atoms with van der Waals surface area (Å²) < 4.78 is 5.98. The van der Waals surface area contributed by atoms with Gasteiger partial charge in [0.05, 0.1) is 0 Å². The maximum Gasteiger partial charge on any atom is 0.128 e. The van der Waals surface area contributed by atoms with Crippen molar-refractivity contribution in [3.63, 3.8) is 0 Å². The van der Waals surface area contributed by atoms with Gasteiger partial charge in [-0.05, 0) is 60.1 Å². The summed E-state index contributed by atoms with van der Waals surface area (Å²) in [4.78, 5) is 0. The summed E-state index contributed by atoms with van der Waals surface area (Å²) in [5.74, 6) is 1.75. The zero-order chi connectivity index (χ0) is 14.7. The highest BCUT2D eigenvalue weighted by Crippen LogP contribution is 2.27. The van der Waals surface area contributed by atoms with Gasteiger partial charge in [0.25, 0.3) is 0 Å². The first-order valence-corrected chi connectivity index (χ1v) is 7.17. The maximum atomic E-state index is 5.98. The molecule has 0 aliphatic carbocycles. The summed E-state index contributed by atoms with van der Waals surface area (Å²) in [5, 5.41) is 5.59. The monoisotopic (exact) mass is 277 g/mol. The van der Waals surface area contributed by atoms with E-state index in [2.05, 4.69) is 48.6 Å². The van der Waals surface area contributed by atoms with Crippen molar-refractivity contribution in [2.24, 2.45) is 0 Å². The van der Waals surface area contributed by atoms with E-state index >= 15 is 0 Å². The molecule has 106 valence electrons. The molecule has 3 aromatic rings. The first-order chi connectivity index (χ1) is 10.3. The summed E-state index contributed by atoms with van der Waals surface area (Å²) in [6.45, 7) is 2.99. The van der Waals surface area contributed by atoms with Crippen LogP contribution in [0.4, 0.5) is 0 Å². The Morgan fingerprint density at radius 1 is 0.857 bits per heavy atom. The molecule has 21 heavy (non-hydrogen) atoms. The number of ether oxygens (including phenoxy) is 1. The van der Waals surface area contributed by atoms with Crippen molar-refractivity contribution < 1.29 is 4.74 Å². The molecule has 0 saturated heterocycles. The first kappa shape index (κ1) is 13.7. The lowest BCUT2D eigenvalue weighted by atomic mass is 10.1. The summed E-state index contributed by atoms with van der Waals surface area (Å²) in [7, 11) is 1.96. The second-order valence-corrected chi connectivity index (χ2v) is 5.23. The van der Waals surface area contributed by atoms with Crippen molar-refractivity contribution in [1.82, 2.24) is 5.32 Å². The van der Waals surface area contributed by atoms with Crippen LogP contribution in [0.25, 0.3) is 10.8 Å². The first-order valence-electron chi connectivity index (χ1n) is 7.17. The molecular formula is C19H19NO. The Labute approximate surface area is 125 Å². The Balaban J connectivity index is 1.86. The molecule has 0 saturated carbocycles. The smallest absolute Gasteiger partial charge is 0.128 e. The summed E-state index contributed by atoms with van der Waals surface area (Å²) in [6, 6.07) is 20.7. The minimum Gasteiger partial charge on any atom is -0.457 e. The normalized spacial score (nSPS) is 10.8. The molecule has 3 aromatic carbocycles. The van der Waals surface area contributed by atoms with Gasteiger partial charge in [0.15, 0.2) is 0 Å². The van der Waals surface area contributed by atoms with Crippen LogP contribution in [-0.2, 0) is 6.54 Å². The fourth-order valence-corrected chi connectivity index (χ4v) is 2.49. The Kier molecular flexibility index (Phi) is 3.89. The molecule has 1 N–H and O–H groups in total. The molecule has 0 fully saturated rings. The molecule has 0 radical (unpaired) electrons. The topological polar surface area (TPSA) is 21.3 Å². The van der Waals surface area contributed by atoms with Gasteiger partial charge in [0.1, 0.15) is 11.5 Å². The fraction of sp³-hybridized carbons (Fsp3) is 0.158. The molecule has 0 heterocycles. The molecular weight excluding hydrogens is 258 g/mol. The number of aryl methyl sites for hydroxylation is 1. The Hall–Kier alpha value is -2.32. The average molecular weight is 277 g/mol. The number of fused-ring (bicyclic) bond motifs is 1. The molecule has 0 bridgehead atoms. The van der Waals surface area contributed by atoms with E-state index in [9.17, 15) is 0 Å². The standard InChI is InChI=1S/C19H19NO/c1-14-11-18(10-8-17(14)13-20-2)21-19-9-7-15-5-3-4-6-16(15)12-19/h3-12,20H,13H2,1-2H3. The Morgan fingerprint density at radius 3 is 2.33 bits per heavy atom. The minimum absolute atomic E-state index is 0.870. The third kappa shape index (κ3) is 3.06. The van der Waals surface area contributed by atoms with Gasteiger partial charge < -0.3 is 10.1 Å². The van der Waals surface area contributed by atoms with Crippen molar-refractivity contribution in [3.05, 3.63) is 71.8 Å². The highest BCUT2D eigenvalue weighted by molar-refractivity contribution is 5.83. The van der Waals surface area contributed by atoms with Crippen molar-refractivity contribution in [1.29, 1.82) is 0 Å². The molecule has 0 atom stereocenters.